The molecular formula is C36H43N8O4+. The number of ether oxygens (including phenoxy) is 1. The fourth-order valence-electron chi connectivity index (χ4n) is 7.49. The normalized spacial score (nSPS) is 24.8. The summed E-state index contributed by atoms with van der Waals surface area (Å²) in [7, 11) is 0. The summed E-state index contributed by atoms with van der Waals surface area (Å²) in [6.45, 7) is 6.60. The van der Waals surface area contributed by atoms with Gasteiger partial charge in [0.1, 0.15) is 12.2 Å². The van der Waals surface area contributed by atoms with E-state index in [0.717, 1.165) is 38.3 Å². The Bertz CT molecular complexity index is 1790. The highest BCUT2D eigenvalue weighted by Gasteiger charge is 2.49. The van der Waals surface area contributed by atoms with Crippen molar-refractivity contribution in [1.82, 2.24) is 25.0 Å². The second-order valence-electron chi connectivity index (χ2n) is 13.1. The first-order valence-electron chi connectivity index (χ1n) is 17.2. The van der Waals surface area contributed by atoms with Crippen LogP contribution in [0.25, 0.3) is 11.2 Å². The number of H-pyrrole nitrogens is 1. The lowest BCUT2D eigenvalue weighted by molar-refractivity contribution is -0.745. The number of imidazole rings is 1. The Morgan fingerprint density at radius 1 is 0.979 bits per heavy atom. The number of hydrogen-bond donors (Lipinski definition) is 4. The molecule has 5 atom stereocenters. The molecule has 48 heavy (non-hydrogen) atoms. The summed E-state index contributed by atoms with van der Waals surface area (Å²) in [5, 5.41) is 30.1. The quantitative estimate of drug-likeness (QED) is 0.165. The zero-order valence-electron chi connectivity index (χ0n) is 27.2. The fourth-order valence-corrected chi connectivity index (χ4v) is 7.49. The van der Waals surface area contributed by atoms with E-state index in [1.807, 2.05) is 19.1 Å². The van der Waals surface area contributed by atoms with E-state index in [1.54, 1.807) is 17.0 Å². The number of anilines is 2. The molecule has 3 fully saturated rings. The largest absolute Gasteiger partial charge is 0.387 e. The number of aromatic amines is 1. The van der Waals surface area contributed by atoms with Gasteiger partial charge in [-0.25, -0.2) is 4.57 Å². The van der Waals surface area contributed by atoms with Crippen LogP contribution in [0.2, 0.25) is 0 Å². The molecule has 0 spiro atoms. The third-order valence-corrected chi connectivity index (χ3v) is 10.2. The molecule has 0 aliphatic carbocycles. The van der Waals surface area contributed by atoms with E-state index in [-0.39, 0.29) is 5.92 Å². The van der Waals surface area contributed by atoms with Gasteiger partial charge in [-0.1, -0.05) is 77.7 Å². The summed E-state index contributed by atoms with van der Waals surface area (Å²) < 4.78 is 13.5. The monoisotopic (exact) mass is 651 g/mol. The van der Waals surface area contributed by atoms with Crippen LogP contribution in [0.15, 0.2) is 77.6 Å². The van der Waals surface area contributed by atoms with Crippen molar-refractivity contribution in [3.05, 3.63) is 95.6 Å². The van der Waals surface area contributed by atoms with Crippen LogP contribution in [0.4, 0.5) is 11.8 Å². The lowest BCUT2D eigenvalue weighted by atomic mass is 9.91. The second-order valence-corrected chi connectivity index (χ2v) is 13.1. The number of likely N-dealkylation sites (tertiary alicyclic amines) is 1. The third-order valence-electron chi connectivity index (χ3n) is 10.2. The van der Waals surface area contributed by atoms with Crippen LogP contribution in [0.3, 0.4) is 0 Å². The number of aliphatic hydroxyl groups excluding tert-OH is 2. The maximum atomic E-state index is 11.3. The van der Waals surface area contributed by atoms with Gasteiger partial charge in [-0.15, -0.1) is 0 Å². The molecule has 3 saturated heterocycles. The van der Waals surface area contributed by atoms with Crippen molar-refractivity contribution in [2.24, 2.45) is 0 Å². The molecular weight excluding hydrogens is 608 g/mol. The van der Waals surface area contributed by atoms with Gasteiger partial charge in [0, 0.05) is 37.7 Å². The van der Waals surface area contributed by atoms with Gasteiger partial charge >= 0.3 is 11.6 Å². The number of aliphatic hydroxyl groups is 2. The van der Waals surface area contributed by atoms with Gasteiger partial charge in [0.25, 0.3) is 0 Å². The van der Waals surface area contributed by atoms with E-state index in [1.165, 1.54) is 24.0 Å². The maximum Gasteiger partial charge on any atom is 0.311 e. The molecule has 3 aromatic heterocycles. The summed E-state index contributed by atoms with van der Waals surface area (Å²) in [5.41, 5.74) is 4.44. The zero-order valence-corrected chi connectivity index (χ0v) is 27.2. The minimum atomic E-state index is -1.23. The molecule has 3 aliphatic rings. The van der Waals surface area contributed by atoms with Crippen LogP contribution < -0.4 is 14.8 Å². The zero-order chi connectivity index (χ0) is 32.6. The average Bonchev–Trinajstić information content (AvgIpc) is 3.97. The van der Waals surface area contributed by atoms with Gasteiger partial charge in [0.2, 0.25) is 11.7 Å². The van der Waals surface area contributed by atoms with Gasteiger partial charge in [-0.3, -0.25) is 9.88 Å². The van der Waals surface area contributed by atoms with Crippen LogP contribution in [-0.2, 0) is 11.2 Å². The predicted molar refractivity (Wildman–Crippen MR) is 179 cm³/mol. The first-order chi connectivity index (χ1) is 23.6. The predicted octanol–water partition coefficient (Wildman–Crippen LogP) is 3.71. The first-order valence-corrected chi connectivity index (χ1v) is 17.2. The van der Waals surface area contributed by atoms with Crippen molar-refractivity contribution in [3.8, 4) is 0 Å². The van der Waals surface area contributed by atoms with Crippen molar-refractivity contribution >= 4 is 22.9 Å². The second kappa shape index (κ2) is 13.3. The Morgan fingerprint density at radius 3 is 2.40 bits per heavy atom. The molecule has 250 valence electrons. The molecule has 0 bridgehead atoms. The first kappa shape index (κ1) is 30.9. The number of benzene rings is 2. The Hall–Kier alpha value is -4.36. The number of aromatic nitrogens is 5. The topological polar surface area (TPSA) is 140 Å². The average molecular weight is 652 g/mol. The third kappa shape index (κ3) is 5.83. The number of hydrogen-bond acceptors (Lipinski definition) is 10. The Kier molecular flexibility index (Phi) is 8.55. The fraction of sp³-hybridized carbons (Fsp3) is 0.444. The lowest BCUT2D eigenvalue weighted by Gasteiger charge is -2.23. The van der Waals surface area contributed by atoms with Crippen molar-refractivity contribution in [3.63, 3.8) is 0 Å². The van der Waals surface area contributed by atoms with E-state index in [0.29, 0.717) is 47.7 Å². The summed E-state index contributed by atoms with van der Waals surface area (Å²) >= 11 is 0. The molecule has 5 aromatic rings. The van der Waals surface area contributed by atoms with Crippen LogP contribution in [0, 0.1) is 0 Å². The molecule has 6 heterocycles. The van der Waals surface area contributed by atoms with Gasteiger partial charge in [-0.2, -0.15) is 4.98 Å². The smallest absolute Gasteiger partial charge is 0.311 e. The molecule has 0 unspecified atom stereocenters. The number of fused-ring (bicyclic) bond motifs is 1. The molecule has 3 aliphatic heterocycles. The lowest BCUT2D eigenvalue weighted by Crippen LogP contribution is -2.46. The van der Waals surface area contributed by atoms with Crippen LogP contribution in [0.1, 0.15) is 67.0 Å². The molecule has 0 amide bonds. The Labute approximate surface area is 279 Å². The van der Waals surface area contributed by atoms with Crippen molar-refractivity contribution < 1.29 is 24.0 Å². The molecule has 8 rings (SSSR count). The Morgan fingerprint density at radius 2 is 1.71 bits per heavy atom. The van der Waals surface area contributed by atoms with E-state index >= 15 is 0 Å². The minimum absolute atomic E-state index is 0.0834. The van der Waals surface area contributed by atoms with Gasteiger partial charge < -0.3 is 29.7 Å². The number of nitrogens with one attached hydrogen (secondary N) is 2. The van der Waals surface area contributed by atoms with E-state index in [9.17, 15) is 10.2 Å². The highest BCUT2D eigenvalue weighted by atomic mass is 16.6. The standard InChI is InChI=1S/C36H42N8O4/c1-2-25-19-28(48-41-25)32-30(45)31(46)35(47-32)44-22-38-29-33(37-20-27(23-11-5-3-6-12-23)24-13-7-4-8-14-24)39-36(40-34(29)44)43-18-15-26(21-43)42-16-9-10-17-42/h3-8,11-14,19,22,26-27,30-32,35,45-46H,2,9-10,15-18,20-21H2,1H3,(H,37,39,40)/p+1/t26-,30+,31-,32-,35-/m1/s1. The van der Waals surface area contributed by atoms with Crippen molar-refractivity contribution in [2.45, 2.75) is 69.1 Å². The SMILES string of the molecule is CCc1cc([C@H]2O[C@@H]([n+]3c[nH]c4c(NCC(c5ccccc5)c5ccccc5)nc(N5CC[C@@H](N6CCCC6)C5)nc43)[C@H](O)[C@@H]2O)on1. The van der Waals surface area contributed by atoms with E-state index < -0.39 is 24.5 Å². The van der Waals surface area contributed by atoms with Gasteiger partial charge in [0.05, 0.1) is 5.69 Å². The van der Waals surface area contributed by atoms with Crippen molar-refractivity contribution in [2.75, 3.05) is 42.9 Å². The van der Waals surface area contributed by atoms with Gasteiger partial charge in [-0.05, 0) is 49.9 Å². The van der Waals surface area contributed by atoms with Crippen LogP contribution in [-0.4, -0.2) is 86.2 Å². The highest BCUT2D eigenvalue weighted by Crippen LogP contribution is 2.38. The number of nitrogens with zero attached hydrogens (tertiary/aromatic N) is 6. The van der Waals surface area contributed by atoms with E-state index in [4.69, 9.17) is 19.2 Å². The molecule has 12 nitrogen and oxygen atoms in total. The molecule has 12 heteroatoms. The minimum Gasteiger partial charge on any atom is -0.387 e. The van der Waals surface area contributed by atoms with E-state index in [2.05, 4.69) is 73.8 Å². The molecule has 0 saturated carbocycles. The number of aryl methyl sites for hydroxylation is 1. The van der Waals surface area contributed by atoms with Crippen LogP contribution >= 0.6 is 0 Å². The summed E-state index contributed by atoms with van der Waals surface area (Å²) in [5.74, 6) is 1.77. The summed E-state index contributed by atoms with van der Waals surface area (Å²) in [6, 6.07) is 23.2. The maximum absolute atomic E-state index is 11.3. The van der Waals surface area contributed by atoms with Crippen molar-refractivity contribution in [1.29, 1.82) is 0 Å². The molecule has 2 aromatic carbocycles. The van der Waals surface area contributed by atoms with Gasteiger partial charge in [0.15, 0.2) is 24.0 Å². The summed E-state index contributed by atoms with van der Waals surface area (Å²) in [6.07, 6.45) is 1.78. The number of rotatable bonds is 10. The summed E-state index contributed by atoms with van der Waals surface area (Å²) in [4.78, 5) is 18.4. The Balaban J connectivity index is 1.14. The molecule has 4 N–H and O–H groups in total. The molecule has 0 radical (unpaired) electrons. The van der Waals surface area contributed by atoms with Crippen LogP contribution in [0.5, 0.6) is 0 Å². The highest BCUT2D eigenvalue weighted by molar-refractivity contribution is 5.81.